The fourth-order valence-corrected chi connectivity index (χ4v) is 3.70. The molecule has 0 atom stereocenters. The number of benzene rings is 1. The van der Waals surface area contributed by atoms with Crippen molar-refractivity contribution in [1.29, 1.82) is 0 Å². The van der Waals surface area contributed by atoms with Crippen molar-refractivity contribution < 1.29 is 0 Å². The molecule has 1 N–H and O–H groups in total. The van der Waals surface area contributed by atoms with Crippen molar-refractivity contribution in [2.45, 2.75) is 59.4 Å². The first-order valence-corrected chi connectivity index (χ1v) is 8.43. The molecule has 1 aliphatic carbocycles. The van der Waals surface area contributed by atoms with E-state index >= 15 is 0 Å². The molecule has 1 aromatic carbocycles. The van der Waals surface area contributed by atoms with Gasteiger partial charge in [-0.1, -0.05) is 32.8 Å². The highest BCUT2D eigenvalue weighted by atomic mass is 15.1. The normalized spacial score (nSPS) is 17.4. The van der Waals surface area contributed by atoms with E-state index in [1.807, 2.05) is 0 Å². The van der Waals surface area contributed by atoms with Crippen LogP contribution in [0.15, 0.2) is 18.2 Å². The van der Waals surface area contributed by atoms with Gasteiger partial charge in [-0.25, -0.2) is 0 Å². The van der Waals surface area contributed by atoms with Crippen LogP contribution in [0.4, 0.5) is 5.69 Å². The Morgan fingerprint density at radius 3 is 2.19 bits per heavy atom. The third-order valence-electron chi connectivity index (χ3n) is 4.77. The van der Waals surface area contributed by atoms with E-state index in [1.165, 1.54) is 42.5 Å². The monoisotopic (exact) mass is 288 g/mol. The third kappa shape index (κ3) is 4.47. The van der Waals surface area contributed by atoms with Crippen molar-refractivity contribution in [3.8, 4) is 0 Å². The minimum atomic E-state index is 0.455. The summed E-state index contributed by atoms with van der Waals surface area (Å²) in [6.07, 6.45) is 5.50. The maximum Gasteiger partial charge on any atom is 0.0369 e. The molecule has 2 heteroatoms. The van der Waals surface area contributed by atoms with Crippen LogP contribution in [0.3, 0.4) is 0 Å². The first-order valence-electron chi connectivity index (χ1n) is 8.43. The topological polar surface area (TPSA) is 15.3 Å². The summed E-state index contributed by atoms with van der Waals surface area (Å²) in [4.78, 5) is 2.47. The second kappa shape index (κ2) is 6.83. The van der Waals surface area contributed by atoms with Crippen molar-refractivity contribution in [2.24, 2.45) is 5.41 Å². The third-order valence-corrected chi connectivity index (χ3v) is 4.77. The largest absolute Gasteiger partial charge is 0.374 e. The van der Waals surface area contributed by atoms with Gasteiger partial charge in [0.2, 0.25) is 0 Å². The average Bonchev–Trinajstić information content (AvgIpc) is 2.84. The van der Waals surface area contributed by atoms with Gasteiger partial charge in [0.25, 0.3) is 0 Å². The lowest BCUT2D eigenvalue weighted by Crippen LogP contribution is -2.43. The van der Waals surface area contributed by atoms with E-state index in [2.05, 4.69) is 63.2 Å². The van der Waals surface area contributed by atoms with Crippen molar-refractivity contribution >= 4 is 5.69 Å². The van der Waals surface area contributed by atoms with Gasteiger partial charge in [-0.15, -0.1) is 0 Å². The van der Waals surface area contributed by atoms with Crippen molar-refractivity contribution in [3.63, 3.8) is 0 Å². The fourth-order valence-electron chi connectivity index (χ4n) is 3.70. The number of hydrogen-bond donors (Lipinski definition) is 1. The van der Waals surface area contributed by atoms with Crippen LogP contribution in [-0.4, -0.2) is 26.2 Å². The zero-order chi connectivity index (χ0) is 15.5. The molecule has 0 saturated heterocycles. The highest BCUT2D eigenvalue weighted by molar-refractivity contribution is 5.50. The Morgan fingerprint density at radius 1 is 1.10 bits per heavy atom. The molecule has 0 amide bonds. The Labute approximate surface area is 130 Å². The Morgan fingerprint density at radius 2 is 1.67 bits per heavy atom. The molecule has 1 saturated carbocycles. The number of nitrogens with zero attached hydrogens (tertiary/aromatic N) is 1. The van der Waals surface area contributed by atoms with Gasteiger partial charge in [0.1, 0.15) is 0 Å². The summed E-state index contributed by atoms with van der Waals surface area (Å²) in [7, 11) is 2.25. The molecule has 118 valence electrons. The molecule has 1 fully saturated rings. The molecule has 21 heavy (non-hydrogen) atoms. The van der Waals surface area contributed by atoms with Gasteiger partial charge < -0.3 is 10.2 Å². The lowest BCUT2D eigenvalue weighted by molar-refractivity contribution is 0.278. The maximum absolute atomic E-state index is 3.68. The van der Waals surface area contributed by atoms with Gasteiger partial charge >= 0.3 is 0 Å². The number of nitrogens with one attached hydrogen (secondary N) is 1. The molecule has 0 bridgehead atoms. The molecule has 1 aliphatic rings. The smallest absolute Gasteiger partial charge is 0.0369 e. The second-order valence-corrected chi connectivity index (χ2v) is 7.44. The molecule has 0 heterocycles. The standard InChI is InChI=1S/C19H32N2/c1-15(2)20-13-19(8-6-7-9-19)14-21(5)18-11-16(3)10-17(4)12-18/h10-12,15,20H,6-9,13-14H2,1-5H3. The average molecular weight is 288 g/mol. The van der Waals surface area contributed by atoms with E-state index in [4.69, 9.17) is 0 Å². The van der Waals surface area contributed by atoms with E-state index in [0.29, 0.717) is 11.5 Å². The summed E-state index contributed by atoms with van der Waals surface area (Å²) < 4.78 is 0. The van der Waals surface area contributed by atoms with E-state index in [9.17, 15) is 0 Å². The molecule has 0 spiro atoms. The predicted molar refractivity (Wildman–Crippen MR) is 93.2 cm³/mol. The lowest BCUT2D eigenvalue weighted by Gasteiger charge is -2.36. The highest BCUT2D eigenvalue weighted by Crippen LogP contribution is 2.39. The van der Waals surface area contributed by atoms with E-state index < -0.39 is 0 Å². The number of anilines is 1. The summed E-state index contributed by atoms with van der Waals surface area (Å²) in [5.74, 6) is 0. The van der Waals surface area contributed by atoms with Crippen molar-refractivity contribution in [3.05, 3.63) is 29.3 Å². The van der Waals surface area contributed by atoms with Crippen LogP contribution in [0.1, 0.15) is 50.7 Å². The minimum absolute atomic E-state index is 0.455. The van der Waals surface area contributed by atoms with E-state index in [1.54, 1.807) is 0 Å². The number of aryl methyl sites for hydroxylation is 2. The Hall–Kier alpha value is -1.02. The Balaban J connectivity index is 2.08. The molecular weight excluding hydrogens is 256 g/mol. The summed E-state index contributed by atoms with van der Waals surface area (Å²) in [5.41, 5.74) is 4.54. The van der Waals surface area contributed by atoms with Gasteiger partial charge in [0.05, 0.1) is 0 Å². The zero-order valence-corrected chi connectivity index (χ0v) is 14.5. The van der Waals surface area contributed by atoms with Crippen LogP contribution >= 0.6 is 0 Å². The summed E-state index contributed by atoms with van der Waals surface area (Å²) in [6, 6.07) is 7.45. The first kappa shape index (κ1) is 16.4. The van der Waals surface area contributed by atoms with Crippen LogP contribution in [0.5, 0.6) is 0 Å². The van der Waals surface area contributed by atoms with Gasteiger partial charge in [0.15, 0.2) is 0 Å². The Bertz CT molecular complexity index is 438. The van der Waals surface area contributed by atoms with E-state index in [0.717, 1.165) is 13.1 Å². The fraction of sp³-hybridized carbons (Fsp3) is 0.684. The predicted octanol–water partition coefficient (Wildman–Crippen LogP) is 4.30. The van der Waals surface area contributed by atoms with Gasteiger partial charge in [-0.3, -0.25) is 0 Å². The Kier molecular flexibility index (Phi) is 5.32. The molecule has 2 rings (SSSR count). The molecule has 0 unspecified atom stereocenters. The van der Waals surface area contributed by atoms with Crippen LogP contribution < -0.4 is 10.2 Å². The quantitative estimate of drug-likeness (QED) is 0.839. The molecular formula is C19H32N2. The van der Waals surface area contributed by atoms with Crippen LogP contribution in [0.2, 0.25) is 0 Å². The minimum Gasteiger partial charge on any atom is -0.374 e. The van der Waals surface area contributed by atoms with Crippen LogP contribution in [0, 0.1) is 19.3 Å². The van der Waals surface area contributed by atoms with Gasteiger partial charge in [0, 0.05) is 37.3 Å². The maximum atomic E-state index is 3.68. The molecule has 2 nitrogen and oxygen atoms in total. The molecule has 0 radical (unpaired) electrons. The second-order valence-electron chi connectivity index (χ2n) is 7.44. The SMILES string of the molecule is Cc1cc(C)cc(N(C)CC2(CNC(C)C)CCCC2)c1. The van der Waals surface area contributed by atoms with Gasteiger partial charge in [-0.05, 0) is 49.9 Å². The lowest BCUT2D eigenvalue weighted by atomic mass is 9.85. The summed E-state index contributed by atoms with van der Waals surface area (Å²) >= 11 is 0. The van der Waals surface area contributed by atoms with Crippen LogP contribution in [0.25, 0.3) is 0 Å². The van der Waals surface area contributed by atoms with Gasteiger partial charge in [-0.2, -0.15) is 0 Å². The summed E-state index contributed by atoms with van der Waals surface area (Å²) in [6.45, 7) is 11.2. The molecule has 0 aliphatic heterocycles. The summed E-state index contributed by atoms with van der Waals surface area (Å²) in [5, 5.41) is 3.68. The molecule has 0 aromatic heterocycles. The van der Waals surface area contributed by atoms with Crippen LogP contribution in [-0.2, 0) is 0 Å². The molecule has 1 aromatic rings. The first-order chi connectivity index (χ1) is 9.90. The number of hydrogen-bond acceptors (Lipinski definition) is 2. The van der Waals surface area contributed by atoms with E-state index in [-0.39, 0.29) is 0 Å². The zero-order valence-electron chi connectivity index (χ0n) is 14.5. The van der Waals surface area contributed by atoms with Crippen molar-refractivity contribution in [1.82, 2.24) is 5.32 Å². The highest BCUT2D eigenvalue weighted by Gasteiger charge is 2.34. The number of rotatable bonds is 6. The van der Waals surface area contributed by atoms with Crippen molar-refractivity contribution in [2.75, 3.05) is 25.0 Å².